The van der Waals surface area contributed by atoms with Crippen LogP contribution in [0.15, 0.2) is 0 Å². The summed E-state index contributed by atoms with van der Waals surface area (Å²) in [5, 5.41) is 46.6. The van der Waals surface area contributed by atoms with Gasteiger partial charge in [0, 0.05) is 25.9 Å². The number of hydrogen-bond acceptors (Lipinski definition) is 17. The van der Waals surface area contributed by atoms with Crippen LogP contribution in [0.1, 0.15) is 118 Å². The molecule has 11 atom stereocenters. The van der Waals surface area contributed by atoms with Crippen LogP contribution in [0.3, 0.4) is 0 Å². The highest BCUT2D eigenvalue weighted by Gasteiger charge is 2.35. The van der Waals surface area contributed by atoms with Crippen molar-refractivity contribution in [2.75, 3.05) is 45.8 Å². The Labute approximate surface area is 428 Å². The van der Waals surface area contributed by atoms with Gasteiger partial charge in [0.05, 0.1) is 12.2 Å². The first-order valence-corrected chi connectivity index (χ1v) is 25.5. The van der Waals surface area contributed by atoms with Crippen molar-refractivity contribution in [3.8, 4) is 0 Å². The molecular formula is C46H87N15O12. The fourth-order valence-corrected chi connectivity index (χ4v) is 7.55. The number of carbonyl (C=O) groups excluding carboxylic acids is 10. The van der Waals surface area contributed by atoms with E-state index in [0.717, 1.165) is 19.3 Å². The smallest absolute Gasteiger partial charge is 0.245 e. The van der Waals surface area contributed by atoms with Gasteiger partial charge in [-0.15, -0.1) is 0 Å². The molecule has 0 aromatic rings. The van der Waals surface area contributed by atoms with E-state index in [1.807, 2.05) is 0 Å². The zero-order chi connectivity index (χ0) is 55.0. The van der Waals surface area contributed by atoms with Crippen molar-refractivity contribution in [3.05, 3.63) is 0 Å². The molecule has 1 aliphatic rings. The first-order chi connectivity index (χ1) is 34.7. The summed E-state index contributed by atoms with van der Waals surface area (Å²) in [6, 6.07) is -11.1. The lowest BCUT2D eigenvalue weighted by Gasteiger charge is -2.28. The first-order valence-electron chi connectivity index (χ1n) is 25.5. The Morgan fingerprint density at radius 2 is 1.15 bits per heavy atom. The van der Waals surface area contributed by atoms with Gasteiger partial charge in [-0.05, 0) is 110 Å². The molecule has 0 aliphatic carbocycles. The van der Waals surface area contributed by atoms with Gasteiger partial charge < -0.3 is 92.0 Å². The summed E-state index contributed by atoms with van der Waals surface area (Å²) in [6.45, 7) is 5.99. The zero-order valence-corrected chi connectivity index (χ0v) is 43.1. The summed E-state index contributed by atoms with van der Waals surface area (Å²) in [6.07, 6.45) is 0.272. The molecule has 0 spiro atoms. The minimum absolute atomic E-state index is 0.00115. The summed E-state index contributed by atoms with van der Waals surface area (Å²) in [5.41, 5.74) is 28.8. The highest BCUT2D eigenvalue weighted by Crippen LogP contribution is 2.13. The maximum atomic E-state index is 14.0. The number of nitrogens with two attached hydrogens (primary N) is 5. The molecule has 1 fully saturated rings. The molecule has 0 saturated carbocycles. The van der Waals surface area contributed by atoms with E-state index in [9.17, 15) is 58.2 Å². The Hall–Kier alpha value is -5.58. The minimum atomic E-state index is -1.65. The molecule has 0 bridgehead atoms. The van der Waals surface area contributed by atoms with Crippen molar-refractivity contribution in [3.63, 3.8) is 0 Å². The number of rotatable bonds is 25. The van der Waals surface area contributed by atoms with E-state index in [0.29, 0.717) is 18.8 Å². The summed E-state index contributed by atoms with van der Waals surface area (Å²) >= 11 is 0. The van der Waals surface area contributed by atoms with E-state index in [2.05, 4.69) is 67.0 Å². The quantitative estimate of drug-likeness (QED) is 0.0378. The third kappa shape index (κ3) is 25.3. The third-order valence-corrected chi connectivity index (χ3v) is 12.1. The first kappa shape index (κ1) is 65.4. The predicted octanol–water partition coefficient (Wildman–Crippen LogP) is -6.22. The van der Waals surface area contributed by atoms with Crippen molar-refractivity contribution in [1.29, 1.82) is 0 Å². The maximum absolute atomic E-state index is 14.0. The van der Waals surface area contributed by atoms with Crippen LogP contribution in [0, 0.1) is 5.92 Å². The molecule has 1 rings (SSSR count). The second-order valence-electron chi connectivity index (χ2n) is 18.4. The summed E-state index contributed by atoms with van der Waals surface area (Å²) in [7, 11) is 0. The molecule has 418 valence electrons. The van der Waals surface area contributed by atoms with Gasteiger partial charge in [-0.2, -0.15) is 0 Å². The van der Waals surface area contributed by atoms with Crippen LogP contribution in [0.25, 0.3) is 0 Å². The number of carbonyl (C=O) groups is 10. The van der Waals surface area contributed by atoms with Gasteiger partial charge >= 0.3 is 0 Å². The maximum Gasteiger partial charge on any atom is 0.245 e. The van der Waals surface area contributed by atoms with Crippen LogP contribution >= 0.6 is 0 Å². The van der Waals surface area contributed by atoms with Crippen LogP contribution in [-0.2, 0) is 47.9 Å². The van der Waals surface area contributed by atoms with Gasteiger partial charge in [-0.3, -0.25) is 47.9 Å². The largest absolute Gasteiger partial charge is 0.391 e. The second-order valence-corrected chi connectivity index (χ2v) is 18.4. The molecule has 73 heavy (non-hydrogen) atoms. The number of nitrogens with one attached hydrogen (secondary N) is 10. The third-order valence-electron chi connectivity index (χ3n) is 12.1. The second kappa shape index (κ2) is 36.4. The van der Waals surface area contributed by atoms with E-state index in [1.54, 1.807) is 0 Å². The van der Waals surface area contributed by atoms with Crippen LogP contribution < -0.4 is 81.8 Å². The van der Waals surface area contributed by atoms with Crippen LogP contribution in [0.2, 0.25) is 0 Å². The molecule has 1 unspecified atom stereocenters. The van der Waals surface area contributed by atoms with E-state index < -0.39 is 126 Å². The predicted molar refractivity (Wildman–Crippen MR) is 270 cm³/mol. The van der Waals surface area contributed by atoms with Gasteiger partial charge in [0.25, 0.3) is 0 Å². The van der Waals surface area contributed by atoms with Gasteiger partial charge in [-0.1, -0.05) is 33.1 Å². The van der Waals surface area contributed by atoms with Gasteiger partial charge in [0.15, 0.2) is 0 Å². The standard InChI is InChI=1S/C46H87N15O12/c1-5-26(2)10-6-7-11-35(64)55-31(15-21-49)43(70)61-38(28(4)63)46(73)59-32(16-22-50)41(68)58-34-18-25-53-45(72)37(27(3)62)60-44(71)33(17-23-51)57-40(67)30(14-20-48)54-36(65)12-8-9-24-52-39(66)29(13-19-47)56-42(34)69/h26-34,37-38,62-63H,5-25,47-51H2,1-4H3,(H,52,66)(H,53,72)(H,54,65)(H,55,64)(H,56,69)(H,57,67)(H,58,68)(H,59,73)(H,60,71)(H,61,70)/t26?,27-,28-,29+,30+,31+,32+,33+,34+,37+,38+/m1/s1. The van der Waals surface area contributed by atoms with E-state index in [1.165, 1.54) is 13.8 Å². The molecule has 22 N–H and O–H groups in total. The molecule has 10 amide bonds. The molecule has 1 saturated heterocycles. The van der Waals surface area contributed by atoms with Gasteiger partial charge in [0.2, 0.25) is 59.1 Å². The SMILES string of the molecule is CCC(C)CCCCC(=O)N[C@@H](CCN)C(=O)N[C@H](C(=O)N[C@@H](CCN)C(=O)N[C@H]1CCNC(=O)[C@H]([C@@H](C)O)NC(=O)[C@H](CCN)NC(=O)[C@H](CCN)NC(=O)CCCCNC(=O)[C@H](CCN)NC1=O)[C@@H](C)O. The van der Waals surface area contributed by atoms with E-state index in [4.69, 9.17) is 28.7 Å². The monoisotopic (exact) mass is 1040 g/mol. The minimum Gasteiger partial charge on any atom is -0.391 e. The average molecular weight is 1040 g/mol. The van der Waals surface area contributed by atoms with Crippen LogP contribution in [-0.4, -0.2) is 176 Å². The van der Waals surface area contributed by atoms with Gasteiger partial charge in [-0.25, -0.2) is 0 Å². The number of hydrogen-bond donors (Lipinski definition) is 17. The van der Waals surface area contributed by atoms with Gasteiger partial charge in [0.1, 0.15) is 48.3 Å². The van der Waals surface area contributed by atoms with Crippen molar-refractivity contribution < 1.29 is 58.2 Å². The lowest BCUT2D eigenvalue weighted by atomic mass is 10.0. The fraction of sp³-hybridized carbons (Fsp3) is 0.783. The van der Waals surface area contributed by atoms with Crippen molar-refractivity contribution >= 4 is 59.1 Å². The lowest BCUT2D eigenvalue weighted by molar-refractivity contribution is -0.136. The number of aliphatic hydroxyl groups excluding tert-OH is 2. The Balaban J connectivity index is 3.48. The molecule has 1 aliphatic heterocycles. The summed E-state index contributed by atoms with van der Waals surface area (Å²) in [5.74, 6) is -7.37. The fourth-order valence-electron chi connectivity index (χ4n) is 7.55. The topological polar surface area (TPSA) is 462 Å². The molecular weight excluding hydrogens is 955 g/mol. The number of unbranched alkanes of at least 4 members (excludes halogenated alkanes) is 1. The van der Waals surface area contributed by atoms with E-state index in [-0.39, 0.29) is 97.1 Å². The summed E-state index contributed by atoms with van der Waals surface area (Å²) < 4.78 is 0. The van der Waals surface area contributed by atoms with Crippen molar-refractivity contribution in [2.45, 2.75) is 178 Å². The Morgan fingerprint density at radius 3 is 1.71 bits per heavy atom. The summed E-state index contributed by atoms with van der Waals surface area (Å²) in [4.78, 5) is 135. The highest BCUT2D eigenvalue weighted by atomic mass is 16.3. The lowest BCUT2D eigenvalue weighted by Crippen LogP contribution is -2.61. The Morgan fingerprint density at radius 1 is 0.603 bits per heavy atom. The molecule has 27 heteroatoms. The molecule has 0 radical (unpaired) electrons. The average Bonchev–Trinajstić information content (AvgIpc) is 3.33. The zero-order valence-electron chi connectivity index (χ0n) is 43.1. The Kier molecular flexibility index (Phi) is 32.6. The molecule has 27 nitrogen and oxygen atoms in total. The molecule has 1 heterocycles. The highest BCUT2D eigenvalue weighted by molar-refractivity contribution is 5.97. The number of amides is 10. The van der Waals surface area contributed by atoms with E-state index >= 15 is 0 Å². The van der Waals surface area contributed by atoms with Crippen LogP contribution in [0.4, 0.5) is 0 Å². The number of aliphatic hydroxyl groups is 2. The Bertz CT molecular complexity index is 1780. The van der Waals surface area contributed by atoms with Crippen molar-refractivity contribution in [1.82, 2.24) is 53.2 Å². The molecule has 0 aromatic heterocycles. The van der Waals surface area contributed by atoms with Crippen molar-refractivity contribution in [2.24, 2.45) is 34.6 Å². The molecule has 0 aromatic carbocycles. The van der Waals surface area contributed by atoms with Crippen LogP contribution in [0.5, 0.6) is 0 Å². The normalized spacial score (nSPS) is 22.7.